The molecule has 0 unspecified atom stereocenters. The van der Waals surface area contributed by atoms with Gasteiger partial charge in [-0.25, -0.2) is 4.98 Å². The summed E-state index contributed by atoms with van der Waals surface area (Å²) in [4.78, 5) is 23.6. The van der Waals surface area contributed by atoms with E-state index in [9.17, 15) is 14.9 Å². The first-order chi connectivity index (χ1) is 6.59. The molecule has 0 atom stereocenters. The van der Waals surface area contributed by atoms with E-state index in [4.69, 9.17) is 5.73 Å². The van der Waals surface area contributed by atoms with Gasteiger partial charge >= 0.3 is 0 Å². The van der Waals surface area contributed by atoms with Crippen molar-refractivity contribution in [2.24, 2.45) is 5.73 Å². The molecule has 0 aliphatic carbocycles. The molecule has 0 fully saturated rings. The maximum Gasteiger partial charge on any atom is 0.293 e. The average molecular weight is 191 g/mol. The number of carbonyl (C=O) groups excluding carboxylic acids is 1. The Balaban J connectivity index is 2.91. The van der Waals surface area contributed by atoms with Gasteiger partial charge < -0.3 is 5.73 Å². The molecule has 6 nitrogen and oxygen atoms in total. The fourth-order valence-electron chi connectivity index (χ4n) is 0.694. The summed E-state index contributed by atoms with van der Waals surface area (Å²) in [5.41, 5.74) is 4.90. The van der Waals surface area contributed by atoms with Gasteiger partial charge in [-0.3, -0.25) is 14.9 Å². The third-order valence-corrected chi connectivity index (χ3v) is 1.27. The molecule has 0 aliphatic heterocycles. The second kappa shape index (κ2) is 4.00. The largest absolute Gasteiger partial charge is 0.359 e. The summed E-state index contributed by atoms with van der Waals surface area (Å²) in [7, 11) is 0. The number of aromatic nitrogens is 1. The van der Waals surface area contributed by atoms with Crippen molar-refractivity contribution < 1.29 is 9.72 Å². The third-order valence-electron chi connectivity index (χ3n) is 1.27. The number of primary amides is 1. The lowest BCUT2D eigenvalue weighted by atomic mass is 10.3. The Morgan fingerprint density at radius 2 is 2.29 bits per heavy atom. The first-order valence-corrected chi connectivity index (χ1v) is 3.51. The fraction of sp³-hybridized carbons (Fsp3) is 0. The summed E-state index contributed by atoms with van der Waals surface area (Å²) in [6.07, 6.45) is 1.06. The van der Waals surface area contributed by atoms with Crippen LogP contribution in [0.5, 0.6) is 0 Å². The van der Waals surface area contributed by atoms with Crippen LogP contribution < -0.4 is 5.73 Å². The van der Waals surface area contributed by atoms with Crippen LogP contribution in [-0.4, -0.2) is 15.8 Å². The van der Waals surface area contributed by atoms with Crippen molar-refractivity contribution in [3.8, 4) is 11.8 Å². The fourth-order valence-corrected chi connectivity index (χ4v) is 0.694. The van der Waals surface area contributed by atoms with Crippen LogP contribution in [0.25, 0.3) is 0 Å². The van der Waals surface area contributed by atoms with Crippen molar-refractivity contribution in [3.63, 3.8) is 0 Å². The van der Waals surface area contributed by atoms with Crippen LogP contribution in [0, 0.1) is 22.0 Å². The number of hydrogen-bond donors (Lipinski definition) is 1. The summed E-state index contributed by atoms with van der Waals surface area (Å²) >= 11 is 0. The van der Waals surface area contributed by atoms with E-state index in [0.29, 0.717) is 0 Å². The van der Waals surface area contributed by atoms with Crippen LogP contribution in [0.4, 0.5) is 5.69 Å². The summed E-state index contributed by atoms with van der Waals surface area (Å²) in [5, 5.41) is 10.2. The van der Waals surface area contributed by atoms with Gasteiger partial charge in [0.05, 0.1) is 4.92 Å². The quantitative estimate of drug-likeness (QED) is 0.378. The molecular weight excluding hydrogens is 186 g/mol. The van der Waals surface area contributed by atoms with Crippen LogP contribution in [0.1, 0.15) is 5.69 Å². The Kier molecular flexibility index (Phi) is 2.76. The van der Waals surface area contributed by atoms with Crippen molar-refractivity contribution >= 4 is 11.6 Å². The number of hydrogen-bond acceptors (Lipinski definition) is 4. The standard InChI is InChI=1S/C8H5N3O3/c9-8(12)4-2-6-1-3-7(5-10-6)11(13)14/h1,3,5H,(H2,9,12). The zero-order chi connectivity index (χ0) is 10.6. The summed E-state index contributed by atoms with van der Waals surface area (Å²) in [6, 6.07) is 2.59. The summed E-state index contributed by atoms with van der Waals surface area (Å²) < 4.78 is 0. The number of carbonyl (C=O) groups is 1. The van der Waals surface area contributed by atoms with E-state index in [2.05, 4.69) is 16.8 Å². The number of nitrogens with zero attached hydrogens (tertiary/aromatic N) is 2. The van der Waals surface area contributed by atoms with E-state index in [1.54, 1.807) is 0 Å². The van der Waals surface area contributed by atoms with Crippen molar-refractivity contribution in [1.29, 1.82) is 0 Å². The van der Waals surface area contributed by atoms with Crippen molar-refractivity contribution in [2.75, 3.05) is 0 Å². The van der Waals surface area contributed by atoms with Crippen LogP contribution in [0.2, 0.25) is 0 Å². The molecule has 1 heterocycles. The van der Waals surface area contributed by atoms with E-state index in [-0.39, 0.29) is 11.4 Å². The van der Waals surface area contributed by atoms with Crippen LogP contribution in [0.3, 0.4) is 0 Å². The highest BCUT2D eigenvalue weighted by Crippen LogP contribution is 2.07. The van der Waals surface area contributed by atoms with Crippen molar-refractivity contribution in [3.05, 3.63) is 34.1 Å². The predicted molar refractivity (Wildman–Crippen MR) is 47.0 cm³/mol. The summed E-state index contributed by atoms with van der Waals surface area (Å²) in [5.74, 6) is 3.65. The van der Waals surface area contributed by atoms with Crippen LogP contribution in [-0.2, 0) is 4.79 Å². The van der Waals surface area contributed by atoms with E-state index in [1.807, 2.05) is 0 Å². The van der Waals surface area contributed by atoms with E-state index in [0.717, 1.165) is 6.20 Å². The van der Waals surface area contributed by atoms with Gasteiger partial charge in [-0.05, 0) is 12.0 Å². The first-order valence-electron chi connectivity index (χ1n) is 3.51. The highest BCUT2D eigenvalue weighted by Gasteiger charge is 2.03. The minimum atomic E-state index is -0.773. The Bertz CT molecular complexity index is 427. The van der Waals surface area contributed by atoms with Crippen molar-refractivity contribution in [2.45, 2.75) is 0 Å². The Morgan fingerprint density at radius 3 is 2.71 bits per heavy atom. The molecule has 1 amide bonds. The zero-order valence-corrected chi connectivity index (χ0v) is 6.93. The number of nitrogens with two attached hydrogens (primary N) is 1. The van der Waals surface area contributed by atoms with Gasteiger partial charge in [0.2, 0.25) is 0 Å². The lowest BCUT2D eigenvalue weighted by Crippen LogP contribution is -2.06. The SMILES string of the molecule is NC(=O)C#Cc1ccc([N+](=O)[O-])cn1. The van der Waals surface area contributed by atoms with E-state index in [1.165, 1.54) is 12.1 Å². The molecule has 0 spiro atoms. The van der Waals surface area contributed by atoms with Crippen molar-refractivity contribution in [1.82, 2.24) is 4.98 Å². The van der Waals surface area contributed by atoms with Gasteiger partial charge in [0, 0.05) is 12.0 Å². The molecule has 2 N–H and O–H groups in total. The third kappa shape index (κ3) is 2.57. The number of rotatable bonds is 1. The minimum absolute atomic E-state index is 0.130. The molecular formula is C8H5N3O3. The molecule has 1 aromatic heterocycles. The Hall–Kier alpha value is -2.42. The monoisotopic (exact) mass is 191 g/mol. The minimum Gasteiger partial charge on any atom is -0.359 e. The topological polar surface area (TPSA) is 99.1 Å². The van der Waals surface area contributed by atoms with Gasteiger partial charge in [-0.15, -0.1) is 0 Å². The Morgan fingerprint density at radius 1 is 1.57 bits per heavy atom. The molecule has 0 saturated carbocycles. The maximum absolute atomic E-state index is 10.3. The van der Waals surface area contributed by atoms with Gasteiger partial charge in [0.1, 0.15) is 11.9 Å². The molecule has 0 aliphatic rings. The number of nitro groups is 1. The molecule has 0 radical (unpaired) electrons. The highest BCUT2D eigenvalue weighted by atomic mass is 16.6. The first kappa shape index (κ1) is 9.67. The maximum atomic E-state index is 10.3. The molecule has 70 valence electrons. The van der Waals surface area contributed by atoms with Crippen LogP contribution >= 0.6 is 0 Å². The van der Waals surface area contributed by atoms with E-state index < -0.39 is 10.8 Å². The Labute approximate surface area is 78.9 Å². The molecule has 1 aromatic rings. The number of amides is 1. The second-order valence-electron chi connectivity index (χ2n) is 2.27. The summed E-state index contributed by atoms with van der Waals surface area (Å²) in [6.45, 7) is 0. The lowest BCUT2D eigenvalue weighted by molar-refractivity contribution is -0.385. The van der Waals surface area contributed by atoms with Gasteiger partial charge in [-0.2, -0.15) is 0 Å². The molecule has 6 heteroatoms. The number of pyridine rings is 1. The second-order valence-corrected chi connectivity index (χ2v) is 2.27. The lowest BCUT2D eigenvalue weighted by Gasteiger charge is -1.89. The average Bonchev–Trinajstić information content (AvgIpc) is 2.15. The van der Waals surface area contributed by atoms with Gasteiger partial charge in [-0.1, -0.05) is 0 Å². The predicted octanol–water partition coefficient (Wildman–Crippen LogP) is -0.173. The highest BCUT2D eigenvalue weighted by molar-refractivity contribution is 5.92. The smallest absolute Gasteiger partial charge is 0.293 e. The zero-order valence-electron chi connectivity index (χ0n) is 6.93. The molecule has 1 rings (SSSR count). The molecule has 14 heavy (non-hydrogen) atoms. The van der Waals surface area contributed by atoms with Gasteiger partial charge in [0.15, 0.2) is 0 Å². The molecule has 0 bridgehead atoms. The molecule has 0 aromatic carbocycles. The van der Waals surface area contributed by atoms with E-state index >= 15 is 0 Å². The van der Waals surface area contributed by atoms with Gasteiger partial charge in [0.25, 0.3) is 11.6 Å². The normalized spacial score (nSPS) is 8.57. The van der Waals surface area contributed by atoms with Crippen LogP contribution in [0.15, 0.2) is 18.3 Å². The molecule has 0 saturated heterocycles.